The second-order valence-electron chi connectivity index (χ2n) is 6.95. The number of hydrogen-bond acceptors (Lipinski definition) is 5. The van der Waals surface area contributed by atoms with Gasteiger partial charge in [-0.25, -0.2) is 9.78 Å². The van der Waals surface area contributed by atoms with E-state index in [0.29, 0.717) is 12.8 Å². The van der Waals surface area contributed by atoms with E-state index in [9.17, 15) is 19.6 Å². The number of amides is 1. The maximum atomic E-state index is 12.8. The summed E-state index contributed by atoms with van der Waals surface area (Å²) >= 11 is 0. The lowest BCUT2D eigenvalue weighted by atomic mass is 9.82. The molecule has 0 spiro atoms. The van der Waals surface area contributed by atoms with Crippen molar-refractivity contribution in [3.63, 3.8) is 0 Å². The van der Waals surface area contributed by atoms with Crippen molar-refractivity contribution in [1.29, 1.82) is 5.26 Å². The maximum Gasteiger partial charge on any atom is 0.332 e. The van der Waals surface area contributed by atoms with Gasteiger partial charge in [0.15, 0.2) is 11.2 Å². The molecule has 1 atom stereocenters. The Hall–Kier alpha value is -2.89. The van der Waals surface area contributed by atoms with Crippen LogP contribution in [0.15, 0.2) is 15.9 Å². The largest absolute Gasteiger partial charge is 0.336 e. The number of hydrogen-bond donors (Lipinski definition) is 1. The van der Waals surface area contributed by atoms with Gasteiger partial charge in [-0.15, -0.1) is 0 Å². The van der Waals surface area contributed by atoms with Crippen LogP contribution in [0.25, 0.3) is 11.2 Å². The molecule has 0 bridgehead atoms. The average Bonchev–Trinajstić information content (AvgIpc) is 3.09. The highest BCUT2D eigenvalue weighted by Crippen LogP contribution is 2.28. The summed E-state index contributed by atoms with van der Waals surface area (Å²) in [6, 6.07) is 1.52. The van der Waals surface area contributed by atoms with Crippen molar-refractivity contribution < 1.29 is 4.79 Å². The zero-order chi connectivity index (χ0) is 19.1. The van der Waals surface area contributed by atoms with Crippen molar-refractivity contribution >= 4 is 17.1 Å². The minimum Gasteiger partial charge on any atom is -0.336 e. The normalized spacial score (nSPS) is 17.6. The highest BCUT2D eigenvalue weighted by atomic mass is 16.2. The van der Waals surface area contributed by atoms with Gasteiger partial charge in [-0.05, 0) is 19.8 Å². The van der Waals surface area contributed by atoms with Gasteiger partial charge in [-0.3, -0.25) is 18.7 Å². The van der Waals surface area contributed by atoms with Gasteiger partial charge >= 0.3 is 5.69 Å². The van der Waals surface area contributed by atoms with Crippen LogP contribution >= 0.6 is 0 Å². The molecule has 0 aromatic carbocycles. The number of rotatable bonds is 3. The Morgan fingerprint density at radius 3 is 2.54 bits per heavy atom. The van der Waals surface area contributed by atoms with Crippen molar-refractivity contribution in [3.8, 4) is 6.07 Å². The molecule has 2 aromatic heterocycles. The van der Waals surface area contributed by atoms with E-state index in [1.54, 1.807) is 6.92 Å². The zero-order valence-electron chi connectivity index (χ0n) is 15.2. The Morgan fingerprint density at radius 1 is 1.27 bits per heavy atom. The monoisotopic (exact) mass is 358 g/mol. The van der Waals surface area contributed by atoms with E-state index in [1.165, 1.54) is 29.6 Å². The Morgan fingerprint density at radius 2 is 1.92 bits per heavy atom. The number of imidazole rings is 1. The first kappa shape index (κ1) is 17.9. The first-order chi connectivity index (χ1) is 12.3. The molecule has 1 amide bonds. The van der Waals surface area contributed by atoms with Crippen LogP contribution in [0.2, 0.25) is 0 Å². The Balaban J connectivity index is 1.99. The van der Waals surface area contributed by atoms with Crippen LogP contribution in [0.3, 0.4) is 0 Å². The summed E-state index contributed by atoms with van der Waals surface area (Å²) in [5.41, 5.74) is -1.42. The summed E-state index contributed by atoms with van der Waals surface area (Å²) in [6.45, 7) is 1.65. The fraction of sp³-hybridized carbons (Fsp3) is 0.588. The third kappa shape index (κ3) is 2.71. The topological polar surface area (TPSA) is 115 Å². The predicted octanol–water partition coefficient (Wildman–Crippen LogP) is 0.337. The zero-order valence-corrected chi connectivity index (χ0v) is 15.2. The smallest absolute Gasteiger partial charge is 0.332 e. The molecule has 1 saturated carbocycles. The van der Waals surface area contributed by atoms with Crippen LogP contribution < -0.4 is 16.6 Å². The van der Waals surface area contributed by atoms with Gasteiger partial charge < -0.3 is 9.88 Å². The standard InChI is InChI=1S/C17H22N6O3/c1-11(14(24)20-17(9-18)7-5-4-6-8-17)23-10-19-13-12(23)15(25)22(3)16(26)21(13)2/h10-11H,4-8H2,1-3H3,(H,20,24). The molecule has 26 heavy (non-hydrogen) atoms. The number of carbonyl (C=O) groups is 1. The molecule has 9 heteroatoms. The van der Waals surface area contributed by atoms with E-state index in [-0.39, 0.29) is 17.1 Å². The van der Waals surface area contributed by atoms with E-state index in [4.69, 9.17) is 0 Å². The maximum absolute atomic E-state index is 12.8. The second-order valence-corrected chi connectivity index (χ2v) is 6.95. The van der Waals surface area contributed by atoms with E-state index in [2.05, 4.69) is 16.4 Å². The molecule has 0 radical (unpaired) electrons. The van der Waals surface area contributed by atoms with Gasteiger partial charge in [0, 0.05) is 14.1 Å². The molecular weight excluding hydrogens is 336 g/mol. The van der Waals surface area contributed by atoms with E-state index in [0.717, 1.165) is 23.8 Å². The molecule has 1 N–H and O–H groups in total. The van der Waals surface area contributed by atoms with Gasteiger partial charge in [0.2, 0.25) is 5.91 Å². The average molecular weight is 358 g/mol. The summed E-state index contributed by atoms with van der Waals surface area (Å²) in [6.07, 6.45) is 5.50. The molecule has 0 saturated heterocycles. The molecule has 3 rings (SSSR count). The first-order valence-electron chi connectivity index (χ1n) is 8.67. The van der Waals surface area contributed by atoms with E-state index < -0.39 is 22.8 Å². The lowest BCUT2D eigenvalue weighted by Crippen LogP contribution is -2.50. The SMILES string of the molecule is CC(C(=O)NC1(C#N)CCCCC1)n1cnc2c1c(=O)n(C)c(=O)n2C. The molecule has 138 valence electrons. The molecule has 2 aromatic rings. The fourth-order valence-electron chi connectivity index (χ4n) is 3.54. The number of fused-ring (bicyclic) bond motifs is 1. The van der Waals surface area contributed by atoms with Crippen molar-refractivity contribution in [2.24, 2.45) is 14.1 Å². The van der Waals surface area contributed by atoms with Gasteiger partial charge in [0.1, 0.15) is 11.6 Å². The minimum atomic E-state index is -0.849. The van der Waals surface area contributed by atoms with Crippen molar-refractivity contribution in [3.05, 3.63) is 27.2 Å². The minimum absolute atomic E-state index is 0.187. The van der Waals surface area contributed by atoms with Gasteiger partial charge in [-0.2, -0.15) is 5.26 Å². The molecule has 2 heterocycles. The van der Waals surface area contributed by atoms with E-state index in [1.807, 2.05) is 0 Å². The van der Waals surface area contributed by atoms with Crippen LogP contribution in [0.1, 0.15) is 45.1 Å². The highest BCUT2D eigenvalue weighted by molar-refractivity contribution is 5.83. The van der Waals surface area contributed by atoms with Crippen LogP contribution in [0.5, 0.6) is 0 Å². The first-order valence-corrected chi connectivity index (χ1v) is 8.67. The molecule has 0 aliphatic heterocycles. The van der Waals surface area contributed by atoms with Crippen LogP contribution in [-0.4, -0.2) is 30.1 Å². The molecule has 9 nitrogen and oxygen atoms in total. The third-order valence-electron chi connectivity index (χ3n) is 5.25. The lowest BCUT2D eigenvalue weighted by Gasteiger charge is -2.32. The summed E-state index contributed by atoms with van der Waals surface area (Å²) in [5.74, 6) is -0.344. The molecular formula is C17H22N6O3. The van der Waals surface area contributed by atoms with Crippen molar-refractivity contribution in [1.82, 2.24) is 24.0 Å². The van der Waals surface area contributed by atoms with Gasteiger partial charge in [0.05, 0.1) is 12.4 Å². The number of aryl methyl sites for hydroxylation is 1. The predicted molar refractivity (Wildman–Crippen MR) is 94.5 cm³/mol. The summed E-state index contributed by atoms with van der Waals surface area (Å²) < 4.78 is 3.72. The summed E-state index contributed by atoms with van der Waals surface area (Å²) in [7, 11) is 2.91. The Labute approximate surface area is 149 Å². The Bertz CT molecular complexity index is 1020. The summed E-state index contributed by atoms with van der Waals surface area (Å²) in [4.78, 5) is 41.5. The second kappa shape index (κ2) is 6.44. The molecule has 1 fully saturated rings. The van der Waals surface area contributed by atoms with Crippen molar-refractivity contribution in [2.45, 2.75) is 50.6 Å². The van der Waals surface area contributed by atoms with Crippen LogP contribution in [0, 0.1) is 11.3 Å². The van der Waals surface area contributed by atoms with Crippen LogP contribution in [-0.2, 0) is 18.9 Å². The van der Waals surface area contributed by atoms with Gasteiger partial charge in [-0.1, -0.05) is 19.3 Å². The number of nitriles is 1. The third-order valence-corrected chi connectivity index (χ3v) is 5.25. The highest BCUT2D eigenvalue weighted by Gasteiger charge is 2.35. The molecule has 1 aliphatic carbocycles. The number of carbonyl (C=O) groups excluding carboxylic acids is 1. The Kier molecular flexibility index (Phi) is 4.44. The van der Waals surface area contributed by atoms with Crippen LogP contribution in [0.4, 0.5) is 0 Å². The number of nitrogens with zero attached hydrogens (tertiary/aromatic N) is 5. The number of aromatic nitrogens is 4. The fourth-order valence-corrected chi connectivity index (χ4v) is 3.54. The molecule has 1 unspecified atom stereocenters. The van der Waals surface area contributed by atoms with Crippen molar-refractivity contribution in [2.75, 3.05) is 0 Å². The number of nitrogens with one attached hydrogen (secondary N) is 1. The van der Waals surface area contributed by atoms with E-state index >= 15 is 0 Å². The van der Waals surface area contributed by atoms with Gasteiger partial charge in [0.25, 0.3) is 5.56 Å². The quantitative estimate of drug-likeness (QED) is 0.849. The summed E-state index contributed by atoms with van der Waals surface area (Å²) in [5, 5.41) is 12.4. The lowest BCUT2D eigenvalue weighted by molar-refractivity contribution is -0.125. The molecule has 1 aliphatic rings.